The smallest absolute Gasteiger partial charge is 0.247 e. The van der Waals surface area contributed by atoms with Gasteiger partial charge in [0, 0.05) is 13.1 Å². The molecule has 36 heavy (non-hydrogen) atoms. The largest absolute Gasteiger partial charge is 0.493 e. The van der Waals surface area contributed by atoms with Crippen molar-refractivity contribution in [2.24, 2.45) is 0 Å². The molecule has 0 aliphatic carbocycles. The van der Waals surface area contributed by atoms with E-state index in [0.29, 0.717) is 23.6 Å². The summed E-state index contributed by atoms with van der Waals surface area (Å²) >= 11 is 0. The molecule has 0 saturated carbocycles. The Morgan fingerprint density at radius 3 is 2.22 bits per heavy atom. The molecule has 7 heteroatoms. The molecule has 6 nitrogen and oxygen atoms in total. The van der Waals surface area contributed by atoms with Crippen LogP contribution < -0.4 is 14.8 Å². The van der Waals surface area contributed by atoms with Crippen LogP contribution in [0, 0.1) is 5.82 Å². The summed E-state index contributed by atoms with van der Waals surface area (Å²) in [6.45, 7) is 2.72. The monoisotopic (exact) mass is 492 g/mol. The molecule has 3 aromatic carbocycles. The van der Waals surface area contributed by atoms with E-state index in [9.17, 15) is 14.0 Å². The molecule has 0 spiro atoms. The Morgan fingerprint density at radius 2 is 1.58 bits per heavy atom. The van der Waals surface area contributed by atoms with Crippen molar-refractivity contribution >= 4 is 11.8 Å². The maximum atomic E-state index is 13.8. The minimum absolute atomic E-state index is 0.0487. The van der Waals surface area contributed by atoms with Crippen molar-refractivity contribution in [1.82, 2.24) is 10.2 Å². The normalized spacial score (nSPS) is 11.4. The van der Waals surface area contributed by atoms with Crippen molar-refractivity contribution in [1.29, 1.82) is 0 Å². The van der Waals surface area contributed by atoms with Gasteiger partial charge in [0.1, 0.15) is 11.9 Å². The number of hydrogen-bond acceptors (Lipinski definition) is 4. The van der Waals surface area contributed by atoms with Crippen molar-refractivity contribution in [2.75, 3.05) is 20.8 Å². The van der Waals surface area contributed by atoms with Crippen molar-refractivity contribution in [3.8, 4) is 11.5 Å². The third kappa shape index (κ3) is 7.07. The van der Waals surface area contributed by atoms with Gasteiger partial charge in [0.25, 0.3) is 0 Å². The number of benzene rings is 3. The Labute approximate surface area is 212 Å². The number of hydrogen-bond donors (Lipinski definition) is 1. The standard InChI is InChI=1S/C29H33FN2O4/c1-4-5-17-31-29(34)28(23-9-7-6-8-10-23)32(20-21-11-14-24(30)15-12-21)27(33)19-22-13-16-25(35-2)26(18-22)36-3/h6-16,18,28H,4-5,17,19-20H2,1-3H3,(H,31,34)/t28-/m0/s1. The number of rotatable bonds is 12. The lowest BCUT2D eigenvalue weighted by molar-refractivity contribution is -0.141. The van der Waals surface area contributed by atoms with E-state index in [1.54, 1.807) is 42.3 Å². The number of ether oxygens (including phenoxy) is 2. The highest BCUT2D eigenvalue weighted by molar-refractivity contribution is 5.89. The molecule has 0 heterocycles. The number of carbonyl (C=O) groups is 2. The van der Waals surface area contributed by atoms with Gasteiger partial charge in [-0.05, 0) is 47.4 Å². The topological polar surface area (TPSA) is 67.9 Å². The summed E-state index contributed by atoms with van der Waals surface area (Å²) in [6.07, 6.45) is 1.83. The molecule has 1 N–H and O–H groups in total. The highest BCUT2D eigenvalue weighted by Gasteiger charge is 2.31. The molecule has 0 saturated heterocycles. The molecular weight excluding hydrogens is 459 g/mol. The summed E-state index contributed by atoms with van der Waals surface area (Å²) in [5, 5.41) is 2.98. The van der Waals surface area contributed by atoms with E-state index in [4.69, 9.17) is 9.47 Å². The number of nitrogens with one attached hydrogen (secondary N) is 1. The van der Waals surface area contributed by atoms with Crippen LogP contribution in [0.25, 0.3) is 0 Å². The Morgan fingerprint density at radius 1 is 0.917 bits per heavy atom. The van der Waals surface area contributed by atoms with E-state index < -0.39 is 6.04 Å². The average molecular weight is 493 g/mol. The van der Waals surface area contributed by atoms with E-state index in [2.05, 4.69) is 5.32 Å². The number of amides is 2. The van der Waals surface area contributed by atoms with Crippen LogP contribution in [-0.2, 0) is 22.6 Å². The minimum atomic E-state index is -0.847. The first-order chi connectivity index (χ1) is 17.5. The first kappa shape index (κ1) is 26.7. The van der Waals surface area contributed by atoms with Gasteiger partial charge in [-0.3, -0.25) is 9.59 Å². The van der Waals surface area contributed by atoms with Crippen molar-refractivity contribution in [3.63, 3.8) is 0 Å². The van der Waals surface area contributed by atoms with Crippen molar-refractivity contribution in [2.45, 2.75) is 38.8 Å². The zero-order valence-corrected chi connectivity index (χ0v) is 21.0. The van der Waals surface area contributed by atoms with Crippen LogP contribution in [0.2, 0.25) is 0 Å². The summed E-state index contributed by atoms with van der Waals surface area (Å²) in [4.78, 5) is 28.8. The molecule has 190 valence electrons. The van der Waals surface area contributed by atoms with Crippen LogP contribution in [0.3, 0.4) is 0 Å². The molecule has 0 aliphatic rings. The Bertz CT molecular complexity index is 1140. The van der Waals surface area contributed by atoms with Gasteiger partial charge in [0.05, 0.1) is 20.6 Å². The SMILES string of the molecule is CCCCNC(=O)[C@H](c1ccccc1)N(Cc1ccc(F)cc1)C(=O)Cc1ccc(OC)c(OC)c1. The van der Waals surface area contributed by atoms with E-state index in [0.717, 1.165) is 24.0 Å². The second kappa shape index (κ2) is 13.3. The quantitative estimate of drug-likeness (QED) is 0.359. The third-order valence-corrected chi connectivity index (χ3v) is 5.89. The fraction of sp³-hybridized carbons (Fsp3) is 0.310. The zero-order chi connectivity index (χ0) is 25.9. The predicted octanol–water partition coefficient (Wildman–Crippen LogP) is 5.07. The second-order valence-corrected chi connectivity index (χ2v) is 8.47. The summed E-state index contributed by atoms with van der Waals surface area (Å²) in [5.41, 5.74) is 2.15. The van der Waals surface area contributed by atoms with E-state index in [1.165, 1.54) is 19.2 Å². The maximum Gasteiger partial charge on any atom is 0.247 e. The second-order valence-electron chi connectivity index (χ2n) is 8.47. The number of carbonyl (C=O) groups excluding carboxylic acids is 2. The first-order valence-electron chi connectivity index (χ1n) is 12.0. The summed E-state index contributed by atoms with van der Waals surface area (Å²) in [5.74, 6) is 0.224. The Balaban J connectivity index is 1.98. The summed E-state index contributed by atoms with van der Waals surface area (Å²) in [6, 6.07) is 19.6. The van der Waals surface area contributed by atoms with Crippen LogP contribution in [0.15, 0.2) is 72.8 Å². The predicted molar refractivity (Wildman–Crippen MR) is 137 cm³/mol. The molecule has 0 bridgehead atoms. The molecule has 3 aromatic rings. The van der Waals surface area contributed by atoms with Gasteiger partial charge in [0.15, 0.2) is 11.5 Å². The molecule has 0 aliphatic heterocycles. The number of nitrogens with zero attached hydrogens (tertiary/aromatic N) is 1. The third-order valence-electron chi connectivity index (χ3n) is 5.89. The van der Waals surface area contributed by atoms with E-state index >= 15 is 0 Å². The van der Waals surface area contributed by atoms with Crippen LogP contribution >= 0.6 is 0 Å². The van der Waals surface area contributed by atoms with Gasteiger partial charge >= 0.3 is 0 Å². The van der Waals surface area contributed by atoms with Gasteiger partial charge < -0.3 is 19.7 Å². The van der Waals surface area contributed by atoms with Crippen molar-refractivity contribution in [3.05, 3.63) is 95.3 Å². The lowest BCUT2D eigenvalue weighted by atomic mass is 10.0. The molecule has 0 unspecified atom stereocenters. The molecule has 0 aromatic heterocycles. The van der Waals surface area contributed by atoms with Crippen LogP contribution in [0.4, 0.5) is 4.39 Å². The lowest BCUT2D eigenvalue weighted by Gasteiger charge is -2.32. The van der Waals surface area contributed by atoms with Crippen LogP contribution in [0.1, 0.15) is 42.5 Å². The van der Waals surface area contributed by atoms with E-state index in [1.807, 2.05) is 37.3 Å². The molecule has 2 amide bonds. The molecule has 3 rings (SSSR count). The Hall–Kier alpha value is -3.87. The molecular formula is C29H33FN2O4. The molecule has 0 fully saturated rings. The van der Waals surface area contributed by atoms with Gasteiger partial charge in [-0.25, -0.2) is 4.39 Å². The first-order valence-corrected chi connectivity index (χ1v) is 12.0. The van der Waals surface area contributed by atoms with Crippen LogP contribution in [0.5, 0.6) is 11.5 Å². The van der Waals surface area contributed by atoms with Crippen molar-refractivity contribution < 1.29 is 23.5 Å². The maximum absolute atomic E-state index is 13.8. The fourth-order valence-corrected chi connectivity index (χ4v) is 3.97. The summed E-state index contributed by atoms with van der Waals surface area (Å²) in [7, 11) is 3.09. The number of unbranched alkanes of at least 4 members (excludes halogenated alkanes) is 1. The number of halogens is 1. The van der Waals surface area contributed by atoms with Gasteiger partial charge in [-0.15, -0.1) is 0 Å². The lowest BCUT2D eigenvalue weighted by Crippen LogP contribution is -2.44. The summed E-state index contributed by atoms with van der Waals surface area (Å²) < 4.78 is 24.3. The fourth-order valence-electron chi connectivity index (χ4n) is 3.97. The molecule has 1 atom stereocenters. The number of methoxy groups -OCH3 is 2. The van der Waals surface area contributed by atoms with Gasteiger partial charge in [0.2, 0.25) is 11.8 Å². The average Bonchev–Trinajstić information content (AvgIpc) is 2.90. The van der Waals surface area contributed by atoms with Crippen LogP contribution in [-0.4, -0.2) is 37.5 Å². The van der Waals surface area contributed by atoms with Gasteiger partial charge in [-0.2, -0.15) is 0 Å². The van der Waals surface area contributed by atoms with Gasteiger partial charge in [-0.1, -0.05) is 61.9 Å². The molecule has 0 radical (unpaired) electrons. The minimum Gasteiger partial charge on any atom is -0.493 e. The highest BCUT2D eigenvalue weighted by atomic mass is 19.1. The Kier molecular flexibility index (Phi) is 9.86. The zero-order valence-electron chi connectivity index (χ0n) is 21.0. The van der Waals surface area contributed by atoms with E-state index in [-0.39, 0.29) is 30.6 Å². The highest BCUT2D eigenvalue weighted by Crippen LogP contribution is 2.29.